The normalized spacial score (nSPS) is 13.1. The van der Waals surface area contributed by atoms with E-state index in [0.717, 1.165) is 12.1 Å². The van der Waals surface area contributed by atoms with Gasteiger partial charge in [0.25, 0.3) is 0 Å². The largest absolute Gasteiger partial charge is 0.417 e. The molecule has 0 heterocycles. The molecule has 2 N–H and O–H groups in total. The SMILES string of the molecule is Cl.N[C@H](CCF)c1ccc(Cl)c(C(F)(F)F)c1. The zero-order chi connectivity index (χ0) is 12.3. The Balaban J connectivity index is 0.00000256. The quantitative estimate of drug-likeness (QED) is 0.832. The van der Waals surface area contributed by atoms with Gasteiger partial charge in [0.05, 0.1) is 17.3 Å². The molecule has 0 spiro atoms. The van der Waals surface area contributed by atoms with Crippen LogP contribution in [0, 0.1) is 0 Å². The number of halogens is 6. The van der Waals surface area contributed by atoms with Crippen LogP contribution in [-0.2, 0) is 6.18 Å². The molecule has 0 radical (unpaired) electrons. The van der Waals surface area contributed by atoms with Gasteiger partial charge in [-0.3, -0.25) is 4.39 Å². The highest BCUT2D eigenvalue weighted by atomic mass is 35.5. The maximum Gasteiger partial charge on any atom is 0.417 e. The summed E-state index contributed by atoms with van der Waals surface area (Å²) in [5.41, 5.74) is 4.80. The Morgan fingerprint density at radius 1 is 1.29 bits per heavy atom. The predicted octanol–water partition coefficient (Wildman–Crippen LogP) is 4.14. The first-order chi connectivity index (χ1) is 7.36. The molecular weight excluding hydrogens is 281 g/mol. The first kappa shape index (κ1) is 16.5. The topological polar surface area (TPSA) is 26.0 Å². The monoisotopic (exact) mass is 291 g/mol. The highest BCUT2D eigenvalue weighted by Crippen LogP contribution is 2.36. The Kier molecular flexibility index (Phi) is 6.23. The van der Waals surface area contributed by atoms with Crippen molar-refractivity contribution in [1.82, 2.24) is 0 Å². The van der Waals surface area contributed by atoms with Gasteiger partial charge in [-0.15, -0.1) is 12.4 Å². The zero-order valence-electron chi connectivity index (χ0n) is 8.60. The van der Waals surface area contributed by atoms with Crippen LogP contribution in [0.1, 0.15) is 23.6 Å². The fourth-order valence-electron chi connectivity index (χ4n) is 1.27. The Morgan fingerprint density at radius 3 is 2.35 bits per heavy atom. The Labute approximate surface area is 107 Å². The van der Waals surface area contributed by atoms with Crippen molar-refractivity contribution in [2.75, 3.05) is 6.67 Å². The van der Waals surface area contributed by atoms with Gasteiger partial charge in [-0.05, 0) is 24.1 Å². The second-order valence-electron chi connectivity index (χ2n) is 3.32. The fourth-order valence-corrected chi connectivity index (χ4v) is 1.50. The summed E-state index contributed by atoms with van der Waals surface area (Å²) in [7, 11) is 0. The lowest BCUT2D eigenvalue weighted by atomic mass is 10.0. The van der Waals surface area contributed by atoms with Crippen LogP contribution in [0.3, 0.4) is 0 Å². The van der Waals surface area contributed by atoms with Crippen molar-refractivity contribution in [1.29, 1.82) is 0 Å². The van der Waals surface area contributed by atoms with Gasteiger partial charge in [-0.1, -0.05) is 17.7 Å². The second kappa shape index (κ2) is 6.42. The fraction of sp³-hybridized carbons (Fsp3) is 0.400. The predicted molar refractivity (Wildman–Crippen MR) is 61.2 cm³/mol. The van der Waals surface area contributed by atoms with Crippen molar-refractivity contribution in [2.45, 2.75) is 18.6 Å². The van der Waals surface area contributed by atoms with Gasteiger partial charge in [-0.25, -0.2) is 0 Å². The Morgan fingerprint density at radius 2 is 1.88 bits per heavy atom. The first-order valence-corrected chi connectivity index (χ1v) is 4.92. The van der Waals surface area contributed by atoms with Gasteiger partial charge in [0.1, 0.15) is 0 Å². The van der Waals surface area contributed by atoms with Crippen molar-refractivity contribution in [2.24, 2.45) is 5.73 Å². The highest BCUT2D eigenvalue weighted by Gasteiger charge is 2.33. The first-order valence-electron chi connectivity index (χ1n) is 4.54. The van der Waals surface area contributed by atoms with E-state index >= 15 is 0 Å². The van der Waals surface area contributed by atoms with E-state index < -0.39 is 24.5 Å². The van der Waals surface area contributed by atoms with Crippen molar-refractivity contribution >= 4 is 24.0 Å². The van der Waals surface area contributed by atoms with E-state index in [9.17, 15) is 17.6 Å². The van der Waals surface area contributed by atoms with E-state index in [4.69, 9.17) is 17.3 Å². The number of nitrogens with two attached hydrogens (primary N) is 1. The molecule has 98 valence electrons. The molecule has 1 atom stereocenters. The molecule has 0 aliphatic rings. The van der Waals surface area contributed by atoms with Crippen LogP contribution in [0.5, 0.6) is 0 Å². The van der Waals surface area contributed by atoms with Crippen LogP contribution in [0.2, 0.25) is 5.02 Å². The molecule has 0 fully saturated rings. The molecule has 1 aromatic carbocycles. The summed E-state index contributed by atoms with van der Waals surface area (Å²) in [6.45, 7) is -0.675. The lowest BCUT2D eigenvalue weighted by molar-refractivity contribution is -0.137. The Hall–Kier alpha value is -0.520. The molecule has 1 rings (SSSR count). The van der Waals surface area contributed by atoms with Crippen molar-refractivity contribution in [3.8, 4) is 0 Å². The van der Waals surface area contributed by atoms with Crippen LogP contribution in [0.25, 0.3) is 0 Å². The third kappa shape index (κ3) is 4.33. The summed E-state index contributed by atoms with van der Waals surface area (Å²) in [6.07, 6.45) is -4.54. The molecular formula is C10H11Cl2F4N. The van der Waals surface area contributed by atoms with E-state index in [2.05, 4.69) is 0 Å². The summed E-state index contributed by atoms with van der Waals surface area (Å²) in [5, 5.41) is -0.385. The number of benzene rings is 1. The second-order valence-corrected chi connectivity index (χ2v) is 3.73. The van der Waals surface area contributed by atoms with Gasteiger partial charge in [0, 0.05) is 6.04 Å². The summed E-state index contributed by atoms with van der Waals surface area (Å²) in [4.78, 5) is 0. The molecule has 0 saturated heterocycles. The molecule has 0 bridgehead atoms. The summed E-state index contributed by atoms with van der Waals surface area (Å²) < 4.78 is 49.5. The van der Waals surface area contributed by atoms with Gasteiger partial charge in [0.15, 0.2) is 0 Å². The summed E-state index contributed by atoms with van der Waals surface area (Å²) in [6, 6.07) is 2.61. The van der Waals surface area contributed by atoms with E-state index in [1.807, 2.05) is 0 Å². The number of rotatable bonds is 3. The van der Waals surface area contributed by atoms with E-state index in [1.54, 1.807) is 0 Å². The molecule has 1 nitrogen and oxygen atoms in total. The standard InChI is InChI=1S/C10H10ClF4N.ClH/c11-8-2-1-6(9(16)3-4-12)5-7(8)10(13,14)15;/h1-2,5,9H,3-4,16H2;1H/t9-;/m1./s1. The minimum Gasteiger partial charge on any atom is -0.324 e. The zero-order valence-corrected chi connectivity index (χ0v) is 10.2. The van der Waals surface area contributed by atoms with Gasteiger partial charge in [0.2, 0.25) is 0 Å². The Bertz CT molecular complexity index is 368. The molecule has 7 heteroatoms. The average Bonchev–Trinajstić information content (AvgIpc) is 2.16. The number of alkyl halides is 4. The van der Waals surface area contributed by atoms with Crippen LogP contribution in [0.15, 0.2) is 18.2 Å². The lowest BCUT2D eigenvalue weighted by Gasteiger charge is -2.14. The minimum atomic E-state index is -4.53. The van der Waals surface area contributed by atoms with Crippen LogP contribution in [-0.4, -0.2) is 6.67 Å². The smallest absolute Gasteiger partial charge is 0.324 e. The molecule has 0 unspecified atom stereocenters. The molecule has 0 aliphatic carbocycles. The van der Waals surface area contributed by atoms with E-state index in [-0.39, 0.29) is 29.4 Å². The molecule has 0 aliphatic heterocycles. The molecule has 0 amide bonds. The maximum absolute atomic E-state index is 12.5. The van der Waals surface area contributed by atoms with Crippen molar-refractivity contribution in [3.05, 3.63) is 34.3 Å². The van der Waals surface area contributed by atoms with Gasteiger partial charge in [-0.2, -0.15) is 13.2 Å². The lowest BCUT2D eigenvalue weighted by Crippen LogP contribution is -2.13. The van der Waals surface area contributed by atoms with Crippen LogP contribution < -0.4 is 5.73 Å². The third-order valence-corrected chi connectivity index (χ3v) is 2.47. The van der Waals surface area contributed by atoms with E-state index in [0.29, 0.717) is 0 Å². The molecule has 17 heavy (non-hydrogen) atoms. The molecule has 0 aromatic heterocycles. The highest BCUT2D eigenvalue weighted by molar-refractivity contribution is 6.31. The van der Waals surface area contributed by atoms with Crippen LogP contribution >= 0.6 is 24.0 Å². The van der Waals surface area contributed by atoms with Crippen LogP contribution in [0.4, 0.5) is 17.6 Å². The minimum absolute atomic E-state index is 0. The molecule has 1 aromatic rings. The van der Waals surface area contributed by atoms with Gasteiger partial charge < -0.3 is 5.73 Å². The maximum atomic E-state index is 12.5. The summed E-state index contributed by atoms with van der Waals surface area (Å²) >= 11 is 5.43. The number of hydrogen-bond donors (Lipinski definition) is 1. The summed E-state index contributed by atoms with van der Waals surface area (Å²) in [5.74, 6) is 0. The van der Waals surface area contributed by atoms with Crippen molar-refractivity contribution < 1.29 is 17.6 Å². The van der Waals surface area contributed by atoms with Crippen molar-refractivity contribution in [3.63, 3.8) is 0 Å². The average molecular weight is 292 g/mol. The number of hydrogen-bond acceptors (Lipinski definition) is 1. The third-order valence-electron chi connectivity index (χ3n) is 2.14. The van der Waals surface area contributed by atoms with E-state index in [1.165, 1.54) is 6.07 Å². The molecule has 0 saturated carbocycles. The van der Waals surface area contributed by atoms with Gasteiger partial charge >= 0.3 is 6.18 Å².